The van der Waals surface area contributed by atoms with Crippen molar-refractivity contribution < 1.29 is 9.59 Å². The Hall–Kier alpha value is -1.18. The molecule has 0 spiro atoms. The van der Waals surface area contributed by atoms with Crippen molar-refractivity contribution in [3.8, 4) is 0 Å². The number of hydrogen-bond donors (Lipinski definition) is 0. The molecule has 0 atom stereocenters. The Morgan fingerprint density at radius 3 is 2.82 bits per heavy atom. The number of carbonyl (C=O) groups is 2. The predicted octanol–water partition coefficient (Wildman–Crippen LogP) is 2.96. The van der Waals surface area contributed by atoms with E-state index in [1.807, 2.05) is 28.5 Å². The van der Waals surface area contributed by atoms with Gasteiger partial charge in [0.15, 0.2) is 0 Å². The van der Waals surface area contributed by atoms with Crippen LogP contribution in [0.25, 0.3) is 6.08 Å². The first-order valence-electron chi connectivity index (χ1n) is 7.22. The van der Waals surface area contributed by atoms with Crippen molar-refractivity contribution in [2.75, 3.05) is 19.6 Å². The van der Waals surface area contributed by atoms with Gasteiger partial charge in [-0.25, -0.2) is 0 Å². The molecule has 1 aromatic heterocycles. The fourth-order valence-electron chi connectivity index (χ4n) is 2.53. The lowest BCUT2D eigenvalue weighted by Crippen LogP contribution is -2.34. The van der Waals surface area contributed by atoms with Gasteiger partial charge in [-0.1, -0.05) is 30.0 Å². The SMILES string of the molecule is O=C(CCN1C(=O)C(=Cc2cccs2)SC1=S)N1CCCC1. The molecule has 2 fully saturated rings. The molecule has 0 radical (unpaired) electrons. The summed E-state index contributed by atoms with van der Waals surface area (Å²) in [5.41, 5.74) is 0. The van der Waals surface area contributed by atoms with Gasteiger partial charge in [-0.15, -0.1) is 11.3 Å². The second-order valence-corrected chi connectivity index (χ2v) is 7.84. The summed E-state index contributed by atoms with van der Waals surface area (Å²) in [6.45, 7) is 2.06. The molecule has 22 heavy (non-hydrogen) atoms. The molecular formula is C15H16N2O2S3. The van der Waals surface area contributed by atoms with Crippen LogP contribution < -0.4 is 0 Å². The van der Waals surface area contributed by atoms with Crippen molar-refractivity contribution >= 4 is 57.5 Å². The number of likely N-dealkylation sites (tertiary alicyclic amines) is 1. The topological polar surface area (TPSA) is 40.6 Å². The molecule has 7 heteroatoms. The Bertz CT molecular complexity index is 619. The third-order valence-corrected chi connectivity index (χ3v) is 5.90. The zero-order valence-corrected chi connectivity index (χ0v) is 14.4. The fraction of sp³-hybridized carbons (Fsp3) is 0.400. The molecule has 1 aromatic rings. The van der Waals surface area contributed by atoms with Gasteiger partial charge >= 0.3 is 0 Å². The lowest BCUT2D eigenvalue weighted by molar-refractivity contribution is -0.130. The lowest BCUT2D eigenvalue weighted by atomic mass is 10.3. The third-order valence-electron chi connectivity index (χ3n) is 3.70. The van der Waals surface area contributed by atoms with Gasteiger partial charge in [-0.05, 0) is 30.4 Å². The van der Waals surface area contributed by atoms with Crippen LogP contribution >= 0.6 is 35.3 Å². The van der Waals surface area contributed by atoms with E-state index in [2.05, 4.69) is 0 Å². The van der Waals surface area contributed by atoms with Crippen molar-refractivity contribution in [2.45, 2.75) is 19.3 Å². The molecule has 3 heterocycles. The highest BCUT2D eigenvalue weighted by Crippen LogP contribution is 2.33. The first-order valence-corrected chi connectivity index (χ1v) is 9.32. The molecule has 2 saturated heterocycles. The summed E-state index contributed by atoms with van der Waals surface area (Å²) < 4.78 is 0.544. The maximum atomic E-state index is 12.4. The van der Waals surface area contributed by atoms with Gasteiger partial charge in [-0.2, -0.15) is 0 Å². The van der Waals surface area contributed by atoms with Crippen LogP contribution in [0.1, 0.15) is 24.1 Å². The first kappa shape index (κ1) is 15.7. The second-order valence-electron chi connectivity index (χ2n) is 5.19. The Morgan fingerprint density at radius 2 is 2.14 bits per heavy atom. The van der Waals surface area contributed by atoms with Gasteiger partial charge in [0.05, 0.1) is 4.91 Å². The standard InChI is InChI=1S/C15H16N2O2S3/c18-13(16-6-1-2-7-16)5-8-17-14(19)12(22-15(17)20)10-11-4-3-9-21-11/h3-4,9-10H,1-2,5-8H2. The number of rotatable bonds is 4. The van der Waals surface area contributed by atoms with Crippen LogP contribution in [0.4, 0.5) is 0 Å². The van der Waals surface area contributed by atoms with E-state index in [9.17, 15) is 9.59 Å². The number of thiophene rings is 1. The quantitative estimate of drug-likeness (QED) is 0.617. The minimum Gasteiger partial charge on any atom is -0.343 e. The molecule has 0 N–H and O–H groups in total. The lowest BCUT2D eigenvalue weighted by Gasteiger charge is -2.18. The minimum absolute atomic E-state index is 0.0855. The number of thioether (sulfide) groups is 1. The zero-order valence-electron chi connectivity index (χ0n) is 12.0. The zero-order chi connectivity index (χ0) is 15.5. The summed E-state index contributed by atoms with van der Waals surface area (Å²) in [6, 6.07) is 3.92. The summed E-state index contributed by atoms with van der Waals surface area (Å²) in [5.74, 6) is 0.0337. The normalized spacial score (nSPS) is 20.5. The molecule has 0 unspecified atom stereocenters. The Labute approximate surface area is 143 Å². The van der Waals surface area contributed by atoms with E-state index < -0.39 is 0 Å². The summed E-state index contributed by atoms with van der Waals surface area (Å²) in [5, 5.41) is 1.97. The van der Waals surface area contributed by atoms with Crippen LogP contribution in [0.2, 0.25) is 0 Å². The molecule has 0 saturated carbocycles. The number of amides is 2. The highest BCUT2D eigenvalue weighted by Gasteiger charge is 2.32. The molecule has 3 rings (SSSR count). The van der Waals surface area contributed by atoms with Gasteiger partial charge in [0.25, 0.3) is 5.91 Å². The Kier molecular flexibility index (Phi) is 4.95. The van der Waals surface area contributed by atoms with Gasteiger partial charge in [-0.3, -0.25) is 14.5 Å². The van der Waals surface area contributed by atoms with Crippen molar-refractivity contribution in [1.29, 1.82) is 0 Å². The number of carbonyl (C=O) groups excluding carboxylic acids is 2. The summed E-state index contributed by atoms with van der Waals surface area (Å²) in [4.78, 5) is 29.6. The van der Waals surface area contributed by atoms with Gasteiger partial charge in [0, 0.05) is 30.9 Å². The molecule has 116 valence electrons. The molecule has 0 bridgehead atoms. The Morgan fingerprint density at radius 1 is 1.36 bits per heavy atom. The van der Waals surface area contributed by atoms with Gasteiger partial charge in [0.2, 0.25) is 5.91 Å². The first-order chi connectivity index (χ1) is 10.6. The molecule has 0 aliphatic carbocycles. The fourth-order valence-corrected chi connectivity index (χ4v) is 4.56. The van der Waals surface area contributed by atoms with Gasteiger partial charge in [0.1, 0.15) is 4.32 Å². The van der Waals surface area contributed by atoms with Crippen LogP contribution in [-0.2, 0) is 9.59 Å². The predicted molar refractivity (Wildman–Crippen MR) is 94.6 cm³/mol. The van der Waals surface area contributed by atoms with Crippen LogP contribution in [-0.4, -0.2) is 45.6 Å². The Balaban J connectivity index is 1.61. The van der Waals surface area contributed by atoms with Crippen molar-refractivity contribution in [3.63, 3.8) is 0 Å². The maximum absolute atomic E-state index is 12.4. The average molecular weight is 353 g/mol. The maximum Gasteiger partial charge on any atom is 0.266 e. The number of thiocarbonyl (C=S) groups is 1. The van der Waals surface area contributed by atoms with E-state index in [4.69, 9.17) is 12.2 Å². The highest BCUT2D eigenvalue weighted by molar-refractivity contribution is 8.26. The molecule has 2 aliphatic rings. The van der Waals surface area contributed by atoms with Crippen LogP contribution in [0.3, 0.4) is 0 Å². The monoisotopic (exact) mass is 352 g/mol. The van der Waals surface area contributed by atoms with E-state index >= 15 is 0 Å². The van der Waals surface area contributed by atoms with E-state index in [1.165, 1.54) is 11.8 Å². The second kappa shape index (κ2) is 6.93. The van der Waals surface area contributed by atoms with E-state index in [0.29, 0.717) is 22.2 Å². The summed E-state index contributed by atoms with van der Waals surface area (Å²) in [7, 11) is 0. The molecular weight excluding hydrogens is 336 g/mol. The van der Waals surface area contributed by atoms with Crippen LogP contribution in [0, 0.1) is 0 Å². The van der Waals surface area contributed by atoms with E-state index in [-0.39, 0.29) is 11.8 Å². The van der Waals surface area contributed by atoms with E-state index in [0.717, 1.165) is 30.8 Å². The molecule has 4 nitrogen and oxygen atoms in total. The molecule has 2 aliphatic heterocycles. The smallest absolute Gasteiger partial charge is 0.266 e. The molecule has 2 amide bonds. The van der Waals surface area contributed by atoms with Crippen molar-refractivity contribution in [2.24, 2.45) is 0 Å². The average Bonchev–Trinajstić information content (AvgIpc) is 3.22. The largest absolute Gasteiger partial charge is 0.343 e. The minimum atomic E-state index is -0.0855. The summed E-state index contributed by atoms with van der Waals surface area (Å²) in [6.07, 6.45) is 4.37. The summed E-state index contributed by atoms with van der Waals surface area (Å²) >= 11 is 8.18. The number of hydrogen-bond acceptors (Lipinski definition) is 5. The third kappa shape index (κ3) is 3.42. The van der Waals surface area contributed by atoms with Crippen molar-refractivity contribution in [1.82, 2.24) is 9.80 Å². The highest BCUT2D eigenvalue weighted by atomic mass is 32.2. The van der Waals surface area contributed by atoms with Crippen LogP contribution in [0.5, 0.6) is 0 Å². The number of nitrogens with zero attached hydrogens (tertiary/aromatic N) is 2. The van der Waals surface area contributed by atoms with Gasteiger partial charge < -0.3 is 4.90 Å². The van der Waals surface area contributed by atoms with Crippen LogP contribution in [0.15, 0.2) is 22.4 Å². The van der Waals surface area contributed by atoms with E-state index in [1.54, 1.807) is 16.2 Å². The molecule has 0 aromatic carbocycles. The van der Waals surface area contributed by atoms with Crippen molar-refractivity contribution in [3.05, 3.63) is 27.3 Å².